The number of nitrogens with zero attached hydrogens (tertiary/aromatic N) is 4. The van der Waals surface area contributed by atoms with Crippen molar-refractivity contribution < 1.29 is 4.74 Å². The second kappa shape index (κ2) is 8.66. The zero-order valence-electron chi connectivity index (χ0n) is 15.7. The standard InChI is InChI=1S/C17H30N6O.HI/c1-5-24-14-10-13(17(14)8-6-7-9-17)20-16(18-3)19-11-15-22-21-12(2)23(15)4;/h13-14H,5-11H2,1-4H3,(H2,18,19,20);1H. The molecule has 1 aromatic rings. The van der Waals surface area contributed by atoms with E-state index in [0.29, 0.717) is 24.1 Å². The minimum absolute atomic E-state index is 0. The van der Waals surface area contributed by atoms with Crippen LogP contribution in [0.5, 0.6) is 0 Å². The molecule has 2 unspecified atom stereocenters. The van der Waals surface area contributed by atoms with Gasteiger partial charge in [0.2, 0.25) is 0 Å². The molecular weight excluding hydrogens is 431 g/mol. The monoisotopic (exact) mass is 462 g/mol. The summed E-state index contributed by atoms with van der Waals surface area (Å²) in [6.45, 7) is 5.46. The van der Waals surface area contributed by atoms with Gasteiger partial charge in [-0.15, -0.1) is 34.2 Å². The summed E-state index contributed by atoms with van der Waals surface area (Å²) < 4.78 is 7.98. The quantitative estimate of drug-likeness (QED) is 0.399. The molecule has 1 spiro atoms. The molecule has 3 rings (SSSR count). The maximum atomic E-state index is 5.99. The molecule has 0 aromatic carbocycles. The molecule has 2 fully saturated rings. The van der Waals surface area contributed by atoms with Gasteiger partial charge in [-0.25, -0.2) is 0 Å². The van der Waals surface area contributed by atoms with E-state index in [0.717, 1.165) is 30.6 Å². The molecule has 7 nitrogen and oxygen atoms in total. The molecule has 2 saturated carbocycles. The van der Waals surface area contributed by atoms with Gasteiger partial charge in [0.05, 0.1) is 12.6 Å². The van der Waals surface area contributed by atoms with Crippen molar-refractivity contribution in [3.8, 4) is 0 Å². The summed E-state index contributed by atoms with van der Waals surface area (Å²) >= 11 is 0. The van der Waals surface area contributed by atoms with Crippen LogP contribution < -0.4 is 10.6 Å². The Kier molecular flexibility index (Phi) is 7.07. The molecule has 2 N–H and O–H groups in total. The molecule has 142 valence electrons. The molecule has 0 bridgehead atoms. The maximum Gasteiger partial charge on any atom is 0.191 e. The Morgan fingerprint density at radius 1 is 1.36 bits per heavy atom. The van der Waals surface area contributed by atoms with Crippen LogP contribution in [-0.4, -0.2) is 46.5 Å². The summed E-state index contributed by atoms with van der Waals surface area (Å²) in [6.07, 6.45) is 6.61. The van der Waals surface area contributed by atoms with Crippen molar-refractivity contribution in [2.75, 3.05) is 13.7 Å². The second-order valence-corrected chi connectivity index (χ2v) is 6.97. The number of aryl methyl sites for hydroxylation is 1. The van der Waals surface area contributed by atoms with Crippen molar-refractivity contribution in [1.82, 2.24) is 25.4 Å². The first-order chi connectivity index (χ1) is 11.6. The van der Waals surface area contributed by atoms with Crippen molar-refractivity contribution >= 4 is 29.9 Å². The zero-order valence-corrected chi connectivity index (χ0v) is 18.0. The van der Waals surface area contributed by atoms with Gasteiger partial charge in [-0.05, 0) is 33.1 Å². The van der Waals surface area contributed by atoms with Crippen LogP contribution in [0.2, 0.25) is 0 Å². The maximum absolute atomic E-state index is 5.99. The summed E-state index contributed by atoms with van der Waals surface area (Å²) in [7, 11) is 3.80. The summed E-state index contributed by atoms with van der Waals surface area (Å²) in [5, 5.41) is 15.3. The topological polar surface area (TPSA) is 76.4 Å². The minimum atomic E-state index is 0. The number of aliphatic imine (C=N–C) groups is 1. The average Bonchev–Trinajstić information content (AvgIpc) is 3.21. The number of guanidine groups is 1. The van der Waals surface area contributed by atoms with Crippen molar-refractivity contribution in [1.29, 1.82) is 0 Å². The Morgan fingerprint density at radius 2 is 2.08 bits per heavy atom. The van der Waals surface area contributed by atoms with Crippen LogP contribution in [0.4, 0.5) is 0 Å². The predicted molar refractivity (Wildman–Crippen MR) is 109 cm³/mol. The molecule has 1 heterocycles. The van der Waals surface area contributed by atoms with Crippen molar-refractivity contribution in [3.05, 3.63) is 11.6 Å². The van der Waals surface area contributed by atoms with Crippen molar-refractivity contribution in [2.24, 2.45) is 17.5 Å². The van der Waals surface area contributed by atoms with E-state index in [2.05, 4.69) is 32.7 Å². The number of ether oxygens (including phenoxy) is 1. The Morgan fingerprint density at radius 3 is 2.64 bits per heavy atom. The van der Waals surface area contributed by atoms with Crippen LogP contribution in [-0.2, 0) is 18.3 Å². The summed E-state index contributed by atoms with van der Waals surface area (Å²) in [5.74, 6) is 2.66. The second-order valence-electron chi connectivity index (χ2n) is 6.97. The van der Waals surface area contributed by atoms with Crippen LogP contribution in [0, 0.1) is 12.3 Å². The van der Waals surface area contributed by atoms with Crippen molar-refractivity contribution in [3.63, 3.8) is 0 Å². The smallest absolute Gasteiger partial charge is 0.191 e. The lowest BCUT2D eigenvalue weighted by Crippen LogP contribution is -2.65. The number of hydrogen-bond donors (Lipinski definition) is 2. The Hall–Kier alpha value is -0.900. The lowest BCUT2D eigenvalue weighted by Gasteiger charge is -2.54. The third-order valence-electron chi connectivity index (χ3n) is 5.82. The van der Waals surface area contributed by atoms with Gasteiger partial charge < -0.3 is 19.9 Å². The van der Waals surface area contributed by atoms with Crippen LogP contribution in [0.1, 0.15) is 50.7 Å². The van der Waals surface area contributed by atoms with Gasteiger partial charge in [-0.2, -0.15) is 0 Å². The number of nitrogens with one attached hydrogen (secondary N) is 2. The SMILES string of the molecule is CCOC1CC(NC(=NC)NCc2nnc(C)n2C)C12CCCC2.I. The largest absolute Gasteiger partial charge is 0.378 e. The normalized spacial score (nSPS) is 24.7. The van der Waals surface area contributed by atoms with Gasteiger partial charge in [0.15, 0.2) is 11.8 Å². The van der Waals surface area contributed by atoms with Gasteiger partial charge in [0, 0.05) is 32.2 Å². The van der Waals surface area contributed by atoms with E-state index in [-0.39, 0.29) is 24.0 Å². The number of aromatic nitrogens is 3. The molecule has 0 amide bonds. The van der Waals surface area contributed by atoms with Crippen LogP contribution in [0.3, 0.4) is 0 Å². The molecule has 2 aliphatic carbocycles. The molecule has 0 radical (unpaired) electrons. The van der Waals surface area contributed by atoms with E-state index in [1.54, 1.807) is 0 Å². The van der Waals surface area contributed by atoms with Crippen molar-refractivity contribution in [2.45, 2.75) is 64.6 Å². The molecule has 2 aliphatic rings. The first-order valence-electron chi connectivity index (χ1n) is 9.04. The Bertz CT molecular complexity index is 596. The lowest BCUT2D eigenvalue weighted by molar-refractivity contribution is -0.125. The highest BCUT2D eigenvalue weighted by Gasteiger charge is 2.56. The third-order valence-corrected chi connectivity index (χ3v) is 5.82. The first kappa shape index (κ1) is 20.4. The summed E-state index contributed by atoms with van der Waals surface area (Å²) in [6, 6.07) is 0.448. The van der Waals surface area contributed by atoms with E-state index in [9.17, 15) is 0 Å². The zero-order chi connectivity index (χ0) is 17.2. The summed E-state index contributed by atoms with van der Waals surface area (Å²) in [4.78, 5) is 4.38. The van der Waals surface area contributed by atoms with E-state index >= 15 is 0 Å². The Balaban J connectivity index is 0.00000225. The van der Waals surface area contributed by atoms with Gasteiger partial charge in [-0.1, -0.05) is 12.8 Å². The highest BCUT2D eigenvalue weighted by molar-refractivity contribution is 14.0. The fraction of sp³-hybridized carbons (Fsp3) is 0.824. The molecule has 1 aromatic heterocycles. The summed E-state index contributed by atoms with van der Waals surface area (Å²) in [5.41, 5.74) is 0.301. The molecule has 8 heteroatoms. The molecule has 0 saturated heterocycles. The number of hydrogen-bond acceptors (Lipinski definition) is 4. The van der Waals surface area contributed by atoms with Gasteiger partial charge >= 0.3 is 0 Å². The van der Waals surface area contributed by atoms with Gasteiger partial charge in [-0.3, -0.25) is 4.99 Å². The van der Waals surface area contributed by atoms with E-state index < -0.39 is 0 Å². The molecular formula is C17H31IN6O. The minimum Gasteiger partial charge on any atom is -0.378 e. The number of rotatable bonds is 5. The van der Waals surface area contributed by atoms with Gasteiger partial charge in [0.1, 0.15) is 5.82 Å². The molecule has 25 heavy (non-hydrogen) atoms. The first-order valence-corrected chi connectivity index (χ1v) is 9.04. The van der Waals surface area contributed by atoms with Crippen LogP contribution in [0.25, 0.3) is 0 Å². The fourth-order valence-corrected chi connectivity index (χ4v) is 4.22. The Labute approximate surface area is 167 Å². The van der Waals surface area contributed by atoms with Crippen LogP contribution >= 0.6 is 24.0 Å². The highest BCUT2D eigenvalue weighted by Crippen LogP contribution is 2.54. The lowest BCUT2D eigenvalue weighted by atomic mass is 9.60. The molecule has 0 aliphatic heterocycles. The average molecular weight is 462 g/mol. The number of halogens is 1. The fourth-order valence-electron chi connectivity index (χ4n) is 4.22. The van der Waals surface area contributed by atoms with E-state index in [1.807, 2.05) is 25.6 Å². The molecule has 2 atom stereocenters. The van der Waals surface area contributed by atoms with Gasteiger partial charge in [0.25, 0.3) is 0 Å². The third kappa shape index (κ3) is 3.94. The van der Waals surface area contributed by atoms with E-state index in [1.165, 1.54) is 25.7 Å². The highest BCUT2D eigenvalue weighted by atomic mass is 127. The van der Waals surface area contributed by atoms with Crippen LogP contribution in [0.15, 0.2) is 4.99 Å². The predicted octanol–water partition coefficient (Wildman–Crippen LogP) is 2.14. The van der Waals surface area contributed by atoms with E-state index in [4.69, 9.17) is 4.74 Å².